The summed E-state index contributed by atoms with van der Waals surface area (Å²) < 4.78 is 13.1. The van der Waals surface area contributed by atoms with Crippen LogP contribution in [0.5, 0.6) is 0 Å². The quantitative estimate of drug-likeness (QED) is 0.905. The largest absolute Gasteiger partial charge is 0.355 e. The summed E-state index contributed by atoms with van der Waals surface area (Å²) in [5.41, 5.74) is 0.554. The molecule has 2 fully saturated rings. The predicted octanol–water partition coefficient (Wildman–Crippen LogP) is 3.09. The lowest BCUT2D eigenvalue weighted by Crippen LogP contribution is -2.43. The van der Waals surface area contributed by atoms with Crippen molar-refractivity contribution >= 4 is 5.91 Å². The molecule has 1 aromatic carbocycles. The number of hydrogen-bond acceptors (Lipinski definition) is 2. The molecule has 23 heavy (non-hydrogen) atoms. The van der Waals surface area contributed by atoms with Gasteiger partial charge in [-0.1, -0.05) is 12.1 Å². The standard InChI is InChI=1S/C19H27FN2O/c1-14(2)22-11-7-15(8-12-22)13-21-18(23)19(9-10-19)16-3-5-17(20)6-4-16/h3-6,14-15H,7-13H2,1-2H3,(H,21,23). The van der Waals surface area contributed by atoms with Gasteiger partial charge >= 0.3 is 0 Å². The van der Waals surface area contributed by atoms with Gasteiger partial charge in [-0.25, -0.2) is 4.39 Å². The van der Waals surface area contributed by atoms with Crippen LogP contribution in [-0.2, 0) is 10.2 Å². The number of nitrogens with one attached hydrogen (secondary N) is 1. The number of amides is 1. The van der Waals surface area contributed by atoms with Crippen molar-refractivity contribution in [3.8, 4) is 0 Å². The van der Waals surface area contributed by atoms with Crippen LogP contribution in [-0.4, -0.2) is 36.5 Å². The maximum atomic E-state index is 13.1. The van der Waals surface area contributed by atoms with Gasteiger partial charge in [0.05, 0.1) is 5.41 Å². The van der Waals surface area contributed by atoms with E-state index in [1.807, 2.05) is 0 Å². The molecular formula is C19H27FN2O. The smallest absolute Gasteiger partial charge is 0.230 e. The molecule has 1 amide bonds. The summed E-state index contributed by atoms with van der Waals surface area (Å²) in [4.78, 5) is 15.1. The highest BCUT2D eigenvalue weighted by Crippen LogP contribution is 2.48. The van der Waals surface area contributed by atoms with Crippen molar-refractivity contribution < 1.29 is 9.18 Å². The second-order valence-electron chi connectivity index (χ2n) is 7.37. The van der Waals surface area contributed by atoms with Crippen LogP contribution in [0.1, 0.15) is 45.1 Å². The topological polar surface area (TPSA) is 32.3 Å². The molecule has 4 heteroatoms. The van der Waals surface area contributed by atoms with Crippen molar-refractivity contribution in [1.82, 2.24) is 10.2 Å². The Morgan fingerprint density at radius 1 is 1.26 bits per heavy atom. The van der Waals surface area contributed by atoms with E-state index in [1.165, 1.54) is 12.1 Å². The van der Waals surface area contributed by atoms with Gasteiger partial charge in [-0.3, -0.25) is 4.79 Å². The molecule has 1 aromatic rings. The molecule has 1 heterocycles. The molecule has 1 saturated heterocycles. The van der Waals surface area contributed by atoms with Crippen LogP contribution in [0.25, 0.3) is 0 Å². The number of benzene rings is 1. The summed E-state index contributed by atoms with van der Waals surface area (Å²) >= 11 is 0. The molecule has 3 nitrogen and oxygen atoms in total. The van der Waals surface area contributed by atoms with Gasteiger partial charge in [-0.2, -0.15) is 0 Å². The highest BCUT2D eigenvalue weighted by Gasteiger charge is 2.51. The minimum absolute atomic E-state index is 0.121. The lowest BCUT2D eigenvalue weighted by molar-refractivity contribution is -0.123. The van der Waals surface area contributed by atoms with E-state index in [0.29, 0.717) is 12.0 Å². The van der Waals surface area contributed by atoms with Crippen molar-refractivity contribution in [1.29, 1.82) is 0 Å². The molecule has 1 saturated carbocycles. The fraction of sp³-hybridized carbons (Fsp3) is 0.632. The van der Waals surface area contributed by atoms with Gasteiger partial charge in [0.2, 0.25) is 5.91 Å². The average Bonchev–Trinajstić information content (AvgIpc) is 3.35. The van der Waals surface area contributed by atoms with Crippen LogP contribution in [0.15, 0.2) is 24.3 Å². The van der Waals surface area contributed by atoms with Crippen LogP contribution >= 0.6 is 0 Å². The molecular weight excluding hydrogens is 291 g/mol. The van der Waals surface area contributed by atoms with E-state index in [-0.39, 0.29) is 11.7 Å². The predicted molar refractivity (Wildman–Crippen MR) is 89.8 cm³/mol. The summed E-state index contributed by atoms with van der Waals surface area (Å²) in [6, 6.07) is 7.01. The lowest BCUT2D eigenvalue weighted by atomic mass is 9.93. The Labute approximate surface area is 138 Å². The lowest BCUT2D eigenvalue weighted by Gasteiger charge is -2.34. The SMILES string of the molecule is CC(C)N1CCC(CNC(=O)C2(c3ccc(F)cc3)CC2)CC1. The molecule has 1 N–H and O–H groups in total. The van der Waals surface area contributed by atoms with E-state index >= 15 is 0 Å². The molecule has 3 rings (SSSR count). The Balaban J connectivity index is 1.51. The summed E-state index contributed by atoms with van der Waals surface area (Å²) in [5, 5.41) is 3.16. The van der Waals surface area contributed by atoms with E-state index < -0.39 is 5.41 Å². The Morgan fingerprint density at radius 2 is 1.87 bits per heavy atom. The highest BCUT2D eigenvalue weighted by atomic mass is 19.1. The summed E-state index contributed by atoms with van der Waals surface area (Å²) in [7, 11) is 0. The number of rotatable bonds is 5. The van der Waals surface area contributed by atoms with Crippen LogP contribution in [0.2, 0.25) is 0 Å². The minimum Gasteiger partial charge on any atom is -0.355 e. The van der Waals surface area contributed by atoms with E-state index in [9.17, 15) is 9.18 Å². The first-order valence-electron chi connectivity index (χ1n) is 8.80. The zero-order valence-corrected chi connectivity index (χ0v) is 14.1. The molecule has 0 spiro atoms. The number of carbonyl (C=O) groups excluding carboxylic acids is 1. The molecule has 0 radical (unpaired) electrons. The second kappa shape index (κ2) is 6.60. The molecule has 126 valence electrons. The first-order valence-corrected chi connectivity index (χ1v) is 8.80. The monoisotopic (exact) mass is 318 g/mol. The zero-order valence-electron chi connectivity index (χ0n) is 14.1. The molecule has 1 aliphatic heterocycles. The molecule has 2 aliphatic rings. The van der Waals surface area contributed by atoms with Gasteiger partial charge in [0.15, 0.2) is 0 Å². The first kappa shape index (κ1) is 16.4. The number of piperidine rings is 1. The highest BCUT2D eigenvalue weighted by molar-refractivity contribution is 5.91. The summed E-state index contributed by atoms with van der Waals surface area (Å²) in [6.07, 6.45) is 4.05. The van der Waals surface area contributed by atoms with Gasteiger partial charge in [0, 0.05) is 12.6 Å². The van der Waals surface area contributed by atoms with Gasteiger partial charge in [0.1, 0.15) is 5.82 Å². The number of likely N-dealkylation sites (tertiary alicyclic amines) is 1. The van der Waals surface area contributed by atoms with Crippen molar-refractivity contribution in [3.63, 3.8) is 0 Å². The first-order chi connectivity index (χ1) is 11.0. The van der Waals surface area contributed by atoms with E-state index in [2.05, 4.69) is 24.1 Å². The number of hydrogen-bond donors (Lipinski definition) is 1. The number of halogens is 1. The third-order valence-electron chi connectivity index (χ3n) is 5.51. The number of carbonyl (C=O) groups is 1. The molecule has 0 unspecified atom stereocenters. The van der Waals surface area contributed by atoms with Crippen LogP contribution < -0.4 is 5.32 Å². The second-order valence-corrected chi connectivity index (χ2v) is 7.37. The van der Waals surface area contributed by atoms with E-state index in [0.717, 1.165) is 50.9 Å². The molecule has 0 atom stereocenters. The van der Waals surface area contributed by atoms with E-state index in [1.54, 1.807) is 12.1 Å². The van der Waals surface area contributed by atoms with Gasteiger partial charge in [0.25, 0.3) is 0 Å². The summed E-state index contributed by atoms with van der Waals surface area (Å²) in [5.74, 6) is 0.454. The van der Waals surface area contributed by atoms with Gasteiger partial charge in [-0.15, -0.1) is 0 Å². The van der Waals surface area contributed by atoms with Crippen LogP contribution in [0.4, 0.5) is 4.39 Å². The summed E-state index contributed by atoms with van der Waals surface area (Å²) in [6.45, 7) is 7.50. The number of nitrogens with zero attached hydrogens (tertiary/aromatic N) is 1. The van der Waals surface area contributed by atoms with Crippen LogP contribution in [0.3, 0.4) is 0 Å². The van der Waals surface area contributed by atoms with Crippen molar-refractivity contribution in [3.05, 3.63) is 35.6 Å². The Kier molecular flexibility index (Phi) is 4.72. The fourth-order valence-electron chi connectivity index (χ4n) is 3.62. The molecule has 0 aromatic heterocycles. The fourth-order valence-corrected chi connectivity index (χ4v) is 3.62. The third-order valence-corrected chi connectivity index (χ3v) is 5.51. The third kappa shape index (κ3) is 3.57. The van der Waals surface area contributed by atoms with Crippen molar-refractivity contribution in [2.45, 2.75) is 51.0 Å². The maximum Gasteiger partial charge on any atom is 0.230 e. The normalized spacial score (nSPS) is 21.4. The van der Waals surface area contributed by atoms with Gasteiger partial charge in [-0.05, 0) is 76.2 Å². The van der Waals surface area contributed by atoms with Crippen molar-refractivity contribution in [2.24, 2.45) is 5.92 Å². The average molecular weight is 318 g/mol. The Hall–Kier alpha value is -1.42. The maximum absolute atomic E-state index is 13.1. The van der Waals surface area contributed by atoms with Gasteiger partial charge < -0.3 is 10.2 Å². The van der Waals surface area contributed by atoms with Crippen LogP contribution in [0, 0.1) is 11.7 Å². The van der Waals surface area contributed by atoms with Crippen molar-refractivity contribution in [2.75, 3.05) is 19.6 Å². The van der Waals surface area contributed by atoms with E-state index in [4.69, 9.17) is 0 Å². The minimum atomic E-state index is -0.396. The Bertz CT molecular complexity index is 543. The zero-order chi connectivity index (χ0) is 16.4. The Morgan fingerprint density at radius 3 is 2.39 bits per heavy atom. The molecule has 0 bridgehead atoms. The molecule has 1 aliphatic carbocycles.